The smallest absolute Gasteiger partial charge is 0.302 e. The summed E-state index contributed by atoms with van der Waals surface area (Å²) in [6, 6.07) is 0. The Morgan fingerprint density at radius 2 is 1.81 bits per heavy atom. The molecular weight excluding hydrogens is 344 g/mol. The van der Waals surface area contributed by atoms with Gasteiger partial charge in [-0.2, -0.15) is 0 Å². The summed E-state index contributed by atoms with van der Waals surface area (Å²) in [4.78, 5) is 24.5. The van der Waals surface area contributed by atoms with Gasteiger partial charge >= 0.3 is 5.97 Å². The number of Topliss-reactive ketones (excluding diaryl/α,β-unsaturated/α-hetero) is 1. The number of esters is 1. The number of fused-ring (bicyclic) bond motifs is 6. The molecule has 4 aliphatic carbocycles. The Morgan fingerprint density at radius 3 is 2.56 bits per heavy atom. The molecule has 1 heterocycles. The first kappa shape index (κ1) is 18.1. The van der Waals surface area contributed by atoms with E-state index in [-0.39, 0.29) is 23.4 Å². The van der Waals surface area contributed by atoms with E-state index in [0.717, 1.165) is 38.5 Å². The quantitative estimate of drug-likeness (QED) is 0.656. The Bertz CT molecular complexity index is 639. The van der Waals surface area contributed by atoms with Gasteiger partial charge in [0.05, 0.1) is 13.2 Å². The molecule has 1 aliphatic heterocycles. The van der Waals surface area contributed by atoms with Crippen LogP contribution in [0.3, 0.4) is 0 Å². The van der Waals surface area contributed by atoms with E-state index in [2.05, 4.69) is 6.92 Å². The maximum Gasteiger partial charge on any atom is 0.302 e. The highest BCUT2D eigenvalue weighted by atomic mass is 16.7. The summed E-state index contributed by atoms with van der Waals surface area (Å²) in [7, 11) is 0. The molecule has 0 amide bonds. The molecular formula is C22H32O5. The molecule has 0 N–H and O–H groups in total. The summed E-state index contributed by atoms with van der Waals surface area (Å²) in [5.74, 6) is 2.03. The van der Waals surface area contributed by atoms with E-state index in [9.17, 15) is 9.59 Å². The zero-order valence-electron chi connectivity index (χ0n) is 16.6. The largest absolute Gasteiger partial charge is 0.463 e. The second-order valence-electron chi connectivity index (χ2n) is 9.86. The zero-order chi connectivity index (χ0) is 18.8. The maximum absolute atomic E-state index is 13.1. The van der Waals surface area contributed by atoms with Crippen molar-refractivity contribution in [3.05, 3.63) is 0 Å². The molecule has 150 valence electrons. The third kappa shape index (κ3) is 2.57. The standard InChI is InChI=1S/C22H32O5/c1-13(23)27-14-3-4-15-16-5-7-21(2)19(6-8-22(21)25-9-10-26-22)17(16)12-20(24)18(15)11-14/h14-19H,3-12H2,1-2H3/t14-,15+,16+,17+,18?,19-,21-/m0/s1. The van der Waals surface area contributed by atoms with Gasteiger partial charge in [-0.25, -0.2) is 0 Å². The number of ether oxygens (including phenoxy) is 3. The number of hydrogen-bond acceptors (Lipinski definition) is 5. The second-order valence-corrected chi connectivity index (χ2v) is 9.86. The molecule has 0 aromatic rings. The van der Waals surface area contributed by atoms with Crippen LogP contribution in [0.25, 0.3) is 0 Å². The van der Waals surface area contributed by atoms with Crippen LogP contribution in [0.15, 0.2) is 0 Å². The van der Waals surface area contributed by atoms with Crippen LogP contribution >= 0.6 is 0 Å². The Labute approximate surface area is 161 Å². The van der Waals surface area contributed by atoms with Crippen molar-refractivity contribution >= 4 is 11.8 Å². The molecule has 5 aliphatic rings. The lowest BCUT2D eigenvalue weighted by Crippen LogP contribution is -2.56. The van der Waals surface area contributed by atoms with Crippen molar-refractivity contribution in [1.29, 1.82) is 0 Å². The van der Waals surface area contributed by atoms with Crippen molar-refractivity contribution in [1.82, 2.24) is 0 Å². The third-order valence-corrected chi connectivity index (χ3v) is 8.88. The minimum Gasteiger partial charge on any atom is -0.463 e. The van der Waals surface area contributed by atoms with Crippen LogP contribution in [-0.2, 0) is 23.8 Å². The minimum atomic E-state index is -0.393. The Balaban J connectivity index is 1.37. The molecule has 4 saturated carbocycles. The first-order valence-corrected chi connectivity index (χ1v) is 10.9. The Kier molecular flexibility index (Phi) is 4.21. The van der Waals surface area contributed by atoms with Crippen molar-refractivity contribution < 1.29 is 23.8 Å². The summed E-state index contributed by atoms with van der Waals surface area (Å²) in [6.07, 6.45) is 7.74. The van der Waals surface area contributed by atoms with Gasteiger partial charge in [0.2, 0.25) is 0 Å². The molecule has 7 atom stereocenters. The molecule has 5 fully saturated rings. The lowest BCUT2D eigenvalue weighted by Gasteiger charge is -2.56. The average molecular weight is 376 g/mol. The normalized spacial score (nSPS) is 48.0. The van der Waals surface area contributed by atoms with E-state index in [1.54, 1.807) is 0 Å². The molecule has 27 heavy (non-hydrogen) atoms. The fraction of sp³-hybridized carbons (Fsp3) is 0.909. The summed E-state index contributed by atoms with van der Waals surface area (Å²) in [6.45, 7) is 5.24. The van der Waals surface area contributed by atoms with Gasteiger partial charge in [0, 0.05) is 31.1 Å². The van der Waals surface area contributed by atoms with E-state index in [1.165, 1.54) is 13.3 Å². The van der Waals surface area contributed by atoms with E-state index in [4.69, 9.17) is 14.2 Å². The number of hydrogen-bond donors (Lipinski definition) is 0. The van der Waals surface area contributed by atoms with Crippen LogP contribution in [0, 0.1) is 35.0 Å². The van der Waals surface area contributed by atoms with Gasteiger partial charge in [-0.3, -0.25) is 9.59 Å². The fourth-order valence-corrected chi connectivity index (χ4v) is 7.79. The number of ketones is 1. The molecule has 0 aromatic carbocycles. The average Bonchev–Trinajstić information content (AvgIpc) is 3.22. The highest BCUT2D eigenvalue weighted by Crippen LogP contribution is 2.66. The minimum absolute atomic E-state index is 0.0483. The van der Waals surface area contributed by atoms with Gasteiger partial charge in [0.25, 0.3) is 0 Å². The van der Waals surface area contributed by atoms with Crippen LogP contribution in [0.5, 0.6) is 0 Å². The molecule has 1 saturated heterocycles. The fourth-order valence-electron chi connectivity index (χ4n) is 7.79. The van der Waals surface area contributed by atoms with Crippen LogP contribution in [-0.4, -0.2) is 36.9 Å². The van der Waals surface area contributed by atoms with E-state index in [0.29, 0.717) is 49.1 Å². The maximum atomic E-state index is 13.1. The predicted molar refractivity (Wildman–Crippen MR) is 97.7 cm³/mol. The van der Waals surface area contributed by atoms with Crippen LogP contribution < -0.4 is 0 Å². The van der Waals surface area contributed by atoms with Gasteiger partial charge in [0.1, 0.15) is 11.9 Å². The summed E-state index contributed by atoms with van der Waals surface area (Å²) in [5, 5.41) is 0. The van der Waals surface area contributed by atoms with Crippen LogP contribution in [0.1, 0.15) is 65.2 Å². The van der Waals surface area contributed by atoms with Crippen LogP contribution in [0.4, 0.5) is 0 Å². The van der Waals surface area contributed by atoms with Gasteiger partial charge in [-0.1, -0.05) is 6.92 Å². The lowest BCUT2D eigenvalue weighted by molar-refractivity contribution is -0.242. The molecule has 5 nitrogen and oxygen atoms in total. The molecule has 5 rings (SSSR count). The van der Waals surface area contributed by atoms with Gasteiger partial charge in [-0.15, -0.1) is 0 Å². The lowest BCUT2D eigenvalue weighted by atomic mass is 9.49. The van der Waals surface area contributed by atoms with Gasteiger partial charge in [-0.05, 0) is 62.2 Å². The molecule has 0 aromatic heterocycles. The van der Waals surface area contributed by atoms with Crippen LogP contribution in [0.2, 0.25) is 0 Å². The summed E-state index contributed by atoms with van der Waals surface area (Å²) >= 11 is 0. The summed E-state index contributed by atoms with van der Waals surface area (Å²) in [5.41, 5.74) is 0.0483. The van der Waals surface area contributed by atoms with Crippen molar-refractivity contribution in [3.63, 3.8) is 0 Å². The monoisotopic (exact) mass is 376 g/mol. The molecule has 1 spiro atoms. The Morgan fingerprint density at radius 1 is 1.04 bits per heavy atom. The van der Waals surface area contributed by atoms with Crippen molar-refractivity contribution in [3.8, 4) is 0 Å². The third-order valence-electron chi connectivity index (χ3n) is 8.88. The van der Waals surface area contributed by atoms with Gasteiger partial charge < -0.3 is 14.2 Å². The van der Waals surface area contributed by atoms with Gasteiger partial charge in [0.15, 0.2) is 5.79 Å². The van der Waals surface area contributed by atoms with E-state index in [1.807, 2.05) is 0 Å². The second kappa shape index (κ2) is 6.28. The topological polar surface area (TPSA) is 61.8 Å². The highest BCUT2D eigenvalue weighted by Gasteiger charge is 2.66. The molecule has 0 bridgehead atoms. The van der Waals surface area contributed by atoms with Crippen molar-refractivity contribution in [2.75, 3.05) is 13.2 Å². The zero-order valence-corrected chi connectivity index (χ0v) is 16.6. The first-order chi connectivity index (χ1) is 12.9. The van der Waals surface area contributed by atoms with Crippen molar-refractivity contribution in [2.45, 2.75) is 77.1 Å². The molecule has 5 heteroatoms. The van der Waals surface area contributed by atoms with E-state index < -0.39 is 5.79 Å². The van der Waals surface area contributed by atoms with Crippen molar-refractivity contribution in [2.24, 2.45) is 35.0 Å². The number of carbonyl (C=O) groups is 2. The first-order valence-electron chi connectivity index (χ1n) is 10.9. The number of rotatable bonds is 1. The number of carbonyl (C=O) groups excluding carboxylic acids is 2. The predicted octanol–water partition coefficient (Wildman–Crippen LogP) is 3.49. The summed E-state index contributed by atoms with van der Waals surface area (Å²) < 4.78 is 17.8. The van der Waals surface area contributed by atoms with E-state index >= 15 is 0 Å². The molecule has 0 radical (unpaired) electrons. The SMILES string of the molecule is CC(=O)O[C@H]1CC[C@H]2C(C1)C(=O)C[C@@H]1[C@@H]2CC[C@@]2(C)[C@H]1CCC21OCCO1. The highest BCUT2D eigenvalue weighted by molar-refractivity contribution is 5.83. The molecule has 1 unspecified atom stereocenters. The Hall–Kier alpha value is -0.940.